The van der Waals surface area contributed by atoms with E-state index in [-0.39, 0.29) is 0 Å². The molecule has 2 atom stereocenters. The Morgan fingerprint density at radius 1 is 0.500 bits per heavy atom. The predicted molar refractivity (Wildman–Crippen MR) is 160 cm³/mol. The molecule has 0 bridgehead atoms. The van der Waals surface area contributed by atoms with E-state index < -0.39 is 0 Å². The van der Waals surface area contributed by atoms with E-state index in [4.69, 9.17) is 0 Å². The van der Waals surface area contributed by atoms with E-state index in [9.17, 15) is 0 Å². The van der Waals surface area contributed by atoms with Gasteiger partial charge in [-0.1, -0.05) is 103 Å². The second-order valence-corrected chi connectivity index (χ2v) is 10.2. The highest BCUT2D eigenvalue weighted by Crippen LogP contribution is 2.48. The third kappa shape index (κ3) is 3.13. The largest absolute Gasteiger partial charge is 0.333 e. The average molecular weight is 487 g/mol. The molecule has 8 rings (SSSR count). The topological polar surface area (TPSA) is 8.17 Å². The normalized spacial score (nSPS) is 17.7. The summed E-state index contributed by atoms with van der Waals surface area (Å²) in [6.45, 7) is 0. The fourth-order valence-electron chi connectivity index (χ4n) is 6.45. The van der Waals surface area contributed by atoms with Gasteiger partial charge in [0.15, 0.2) is 0 Å². The van der Waals surface area contributed by atoms with Gasteiger partial charge in [0.25, 0.3) is 0 Å². The molecule has 180 valence electrons. The summed E-state index contributed by atoms with van der Waals surface area (Å²) in [4.78, 5) is 2.50. The van der Waals surface area contributed by atoms with Gasteiger partial charge in [-0.2, -0.15) is 0 Å². The lowest BCUT2D eigenvalue weighted by Crippen LogP contribution is -2.28. The van der Waals surface area contributed by atoms with Crippen molar-refractivity contribution < 1.29 is 0 Å². The fourth-order valence-corrected chi connectivity index (χ4v) is 6.45. The van der Waals surface area contributed by atoms with Gasteiger partial charge in [0.2, 0.25) is 0 Å². The molecule has 38 heavy (non-hydrogen) atoms. The Bertz CT molecular complexity index is 1850. The van der Waals surface area contributed by atoms with E-state index >= 15 is 0 Å². The minimum Gasteiger partial charge on any atom is -0.333 e. The summed E-state index contributed by atoms with van der Waals surface area (Å²) < 4.78 is 2.39. The Hall–Kier alpha value is -4.82. The number of fused-ring (bicyclic) bond motifs is 6. The average Bonchev–Trinajstić information content (AvgIpc) is 3.51. The molecule has 2 heteroatoms. The molecular weight excluding hydrogens is 460 g/mol. The molecule has 2 aliphatic rings. The van der Waals surface area contributed by atoms with Crippen LogP contribution in [0.15, 0.2) is 146 Å². The van der Waals surface area contributed by atoms with Gasteiger partial charge in [0.05, 0.1) is 17.1 Å². The smallest absolute Gasteiger partial charge is 0.0629 e. The van der Waals surface area contributed by atoms with Gasteiger partial charge >= 0.3 is 0 Å². The van der Waals surface area contributed by atoms with Crippen LogP contribution in [0.5, 0.6) is 0 Å². The lowest BCUT2D eigenvalue weighted by Gasteiger charge is -2.29. The molecule has 0 saturated heterocycles. The summed E-state index contributed by atoms with van der Waals surface area (Å²) in [6, 6.07) is 44.4. The van der Waals surface area contributed by atoms with Crippen molar-refractivity contribution in [2.75, 3.05) is 4.90 Å². The first kappa shape index (κ1) is 21.3. The summed E-state index contributed by atoms with van der Waals surface area (Å²) in [6.07, 6.45) is 9.03. The van der Waals surface area contributed by atoms with E-state index in [1.165, 1.54) is 55.6 Å². The lowest BCUT2D eigenvalue weighted by molar-refractivity contribution is 0.745. The molecule has 1 aromatic heterocycles. The van der Waals surface area contributed by atoms with Crippen LogP contribution >= 0.6 is 0 Å². The quantitative estimate of drug-likeness (QED) is 0.242. The van der Waals surface area contributed by atoms with Crippen molar-refractivity contribution in [1.29, 1.82) is 0 Å². The number of para-hydroxylation sites is 3. The van der Waals surface area contributed by atoms with Crippen molar-refractivity contribution in [3.8, 4) is 16.8 Å². The molecule has 0 N–H and O–H groups in total. The molecule has 0 fully saturated rings. The number of rotatable bonds is 3. The highest BCUT2D eigenvalue weighted by Gasteiger charge is 2.36. The zero-order valence-electron chi connectivity index (χ0n) is 20.9. The maximum atomic E-state index is 2.50. The summed E-state index contributed by atoms with van der Waals surface area (Å²) >= 11 is 0. The van der Waals surface area contributed by atoms with Crippen LogP contribution in [0.1, 0.15) is 11.5 Å². The van der Waals surface area contributed by atoms with Crippen LogP contribution in [-0.2, 0) is 0 Å². The summed E-state index contributed by atoms with van der Waals surface area (Å²) in [5, 5.41) is 2.57. The van der Waals surface area contributed by atoms with Crippen molar-refractivity contribution in [1.82, 2.24) is 4.57 Å². The molecule has 1 aliphatic carbocycles. The minimum absolute atomic E-state index is 0.302. The number of allylic oxidation sites excluding steroid dienone is 2. The molecule has 2 heterocycles. The maximum Gasteiger partial charge on any atom is 0.0629 e. The van der Waals surface area contributed by atoms with E-state index in [0.29, 0.717) is 12.0 Å². The summed E-state index contributed by atoms with van der Waals surface area (Å²) in [5.41, 5.74) is 10.0. The van der Waals surface area contributed by atoms with Crippen LogP contribution in [0.2, 0.25) is 0 Å². The lowest BCUT2D eigenvalue weighted by atomic mass is 9.91. The van der Waals surface area contributed by atoms with Gasteiger partial charge in [-0.3, -0.25) is 0 Å². The zero-order valence-corrected chi connectivity index (χ0v) is 20.9. The van der Waals surface area contributed by atoms with Crippen LogP contribution in [0.3, 0.4) is 0 Å². The molecule has 0 spiro atoms. The Morgan fingerprint density at radius 2 is 1.11 bits per heavy atom. The van der Waals surface area contributed by atoms with Crippen molar-refractivity contribution in [3.63, 3.8) is 0 Å². The Balaban J connectivity index is 1.25. The molecule has 2 unspecified atom stereocenters. The molecule has 1 aliphatic heterocycles. The highest BCUT2D eigenvalue weighted by atomic mass is 15.2. The molecule has 6 aromatic rings. The second kappa shape index (κ2) is 8.36. The van der Waals surface area contributed by atoms with Gasteiger partial charge in [0, 0.05) is 33.8 Å². The van der Waals surface area contributed by atoms with Gasteiger partial charge in [-0.25, -0.2) is 0 Å². The predicted octanol–water partition coefficient (Wildman–Crippen LogP) is 9.18. The second-order valence-electron chi connectivity index (χ2n) is 10.2. The van der Waals surface area contributed by atoms with E-state index in [2.05, 4.69) is 155 Å². The molecule has 2 nitrogen and oxygen atoms in total. The highest BCUT2D eigenvalue weighted by molar-refractivity contribution is 6.09. The minimum atomic E-state index is 0.302. The Labute approximate surface area is 222 Å². The molecular formula is C36H26N2. The third-order valence-corrected chi connectivity index (χ3v) is 8.10. The van der Waals surface area contributed by atoms with Crippen LogP contribution in [0.4, 0.5) is 11.4 Å². The summed E-state index contributed by atoms with van der Waals surface area (Å²) in [5.74, 6) is 0.387. The van der Waals surface area contributed by atoms with Crippen LogP contribution in [0.25, 0.3) is 38.6 Å². The SMILES string of the molecule is C1=CC2c3ccccc3N(c3cccc(-c4cccc(-n5c6ccccc6c6ccccc65)c4)c3)C2C=C1. The fraction of sp³-hybridized carbons (Fsp3) is 0.0556. The maximum absolute atomic E-state index is 2.50. The third-order valence-electron chi connectivity index (χ3n) is 8.10. The van der Waals surface area contributed by atoms with Crippen LogP contribution < -0.4 is 4.90 Å². The van der Waals surface area contributed by atoms with Gasteiger partial charge in [0.1, 0.15) is 0 Å². The number of nitrogens with zero attached hydrogens (tertiary/aromatic N) is 2. The first-order valence-corrected chi connectivity index (χ1v) is 13.3. The molecule has 0 saturated carbocycles. The van der Waals surface area contributed by atoms with Crippen molar-refractivity contribution >= 4 is 33.2 Å². The van der Waals surface area contributed by atoms with Gasteiger partial charge in [-0.15, -0.1) is 0 Å². The summed E-state index contributed by atoms with van der Waals surface area (Å²) in [7, 11) is 0. The standard InChI is InChI=1S/C36H26N2/c1-5-19-33-29(15-1)30-16-2-6-20-34(30)37(33)27-13-9-11-25(23-27)26-12-10-14-28(24-26)38-35-21-7-3-17-31(35)32-18-4-8-22-36(32)38/h1-24,29,33H. The number of hydrogen-bond donors (Lipinski definition) is 0. The van der Waals surface area contributed by atoms with E-state index in [1.54, 1.807) is 0 Å². The van der Waals surface area contributed by atoms with Crippen LogP contribution in [-0.4, -0.2) is 10.6 Å². The van der Waals surface area contributed by atoms with Gasteiger partial charge in [-0.05, 0) is 59.2 Å². The zero-order chi connectivity index (χ0) is 25.1. The first-order chi connectivity index (χ1) is 18.9. The number of benzene rings is 5. The van der Waals surface area contributed by atoms with Gasteiger partial charge < -0.3 is 9.47 Å². The molecule has 0 amide bonds. The Morgan fingerprint density at radius 3 is 1.87 bits per heavy atom. The molecule has 0 radical (unpaired) electrons. The Kier molecular flexibility index (Phi) is 4.68. The van der Waals surface area contributed by atoms with Crippen LogP contribution in [0, 0.1) is 0 Å². The number of aromatic nitrogens is 1. The van der Waals surface area contributed by atoms with E-state index in [0.717, 1.165) is 0 Å². The van der Waals surface area contributed by atoms with Crippen molar-refractivity contribution in [2.24, 2.45) is 0 Å². The van der Waals surface area contributed by atoms with E-state index in [1.807, 2.05) is 0 Å². The molecule has 5 aromatic carbocycles. The number of hydrogen-bond acceptors (Lipinski definition) is 1. The first-order valence-electron chi connectivity index (χ1n) is 13.3. The van der Waals surface area contributed by atoms with Crippen molar-refractivity contribution in [3.05, 3.63) is 151 Å². The number of anilines is 2. The van der Waals surface area contributed by atoms with Crippen molar-refractivity contribution in [2.45, 2.75) is 12.0 Å². The monoisotopic (exact) mass is 486 g/mol.